The van der Waals surface area contributed by atoms with Crippen LogP contribution in [0.1, 0.15) is 55.8 Å². The predicted molar refractivity (Wildman–Crippen MR) is 136 cm³/mol. The van der Waals surface area contributed by atoms with Crippen molar-refractivity contribution in [2.45, 2.75) is 51.7 Å². The first-order chi connectivity index (χ1) is 17.0. The lowest BCUT2D eigenvalue weighted by atomic mass is 10.0. The second kappa shape index (κ2) is 10.1. The van der Waals surface area contributed by atoms with Gasteiger partial charge in [-0.1, -0.05) is 29.5 Å². The van der Waals surface area contributed by atoms with Crippen molar-refractivity contribution in [1.29, 1.82) is 5.26 Å². The number of benzene rings is 2. The zero-order valence-electron chi connectivity index (χ0n) is 20.1. The molecule has 7 nitrogen and oxygen atoms in total. The number of hydrogen-bond acceptors (Lipinski definition) is 7. The lowest BCUT2D eigenvalue weighted by Crippen LogP contribution is -2.37. The normalized spacial score (nSPS) is 17.0. The first-order valence-corrected chi connectivity index (χ1v) is 13.0. The largest absolute Gasteiger partial charge is 0.490 e. The first-order valence-electron chi connectivity index (χ1n) is 12.2. The Hall–Kier alpha value is -3.28. The second-order valence-corrected chi connectivity index (χ2v) is 10.3. The molecule has 2 aliphatic rings. The van der Waals surface area contributed by atoms with Crippen LogP contribution in [0.5, 0.6) is 5.75 Å². The number of nitrogens with one attached hydrogen (secondary N) is 1. The summed E-state index contributed by atoms with van der Waals surface area (Å²) in [6.07, 6.45) is 4.12. The summed E-state index contributed by atoms with van der Waals surface area (Å²) in [6.45, 7) is 6.03. The molecule has 1 saturated heterocycles. The third-order valence-electron chi connectivity index (χ3n) is 6.59. The van der Waals surface area contributed by atoms with Crippen molar-refractivity contribution >= 4 is 17.2 Å². The predicted octanol–water partition coefficient (Wildman–Crippen LogP) is 4.73. The molecule has 1 aliphatic heterocycles. The average Bonchev–Trinajstić information content (AvgIpc) is 3.63. The minimum absolute atomic E-state index is 0.00193. The van der Waals surface area contributed by atoms with E-state index in [-0.39, 0.29) is 18.1 Å². The summed E-state index contributed by atoms with van der Waals surface area (Å²) in [7, 11) is 0. The Morgan fingerprint density at radius 3 is 2.80 bits per heavy atom. The minimum atomic E-state index is -0.00193. The Kier molecular flexibility index (Phi) is 6.80. The van der Waals surface area contributed by atoms with E-state index in [1.54, 1.807) is 0 Å². The van der Waals surface area contributed by atoms with Gasteiger partial charge in [-0.3, -0.25) is 4.79 Å². The van der Waals surface area contributed by atoms with Crippen molar-refractivity contribution in [1.82, 2.24) is 20.4 Å². The smallest absolute Gasteiger partial charge is 0.236 e. The highest BCUT2D eigenvalue weighted by molar-refractivity contribution is 7.17. The number of aromatic nitrogens is 2. The Morgan fingerprint density at radius 1 is 1.23 bits per heavy atom. The zero-order chi connectivity index (χ0) is 24.4. The van der Waals surface area contributed by atoms with Gasteiger partial charge in [-0.05, 0) is 68.9 Å². The van der Waals surface area contributed by atoms with Crippen LogP contribution in [-0.2, 0) is 11.2 Å². The lowest BCUT2D eigenvalue weighted by molar-refractivity contribution is -0.129. The maximum absolute atomic E-state index is 12.5. The quantitative estimate of drug-likeness (QED) is 0.518. The zero-order valence-corrected chi connectivity index (χ0v) is 20.9. The number of carbonyl (C=O) groups excluding carboxylic acids is 1. The van der Waals surface area contributed by atoms with E-state index in [2.05, 4.69) is 39.8 Å². The fourth-order valence-electron chi connectivity index (χ4n) is 4.91. The topological polar surface area (TPSA) is 91.1 Å². The van der Waals surface area contributed by atoms with Gasteiger partial charge in [0.25, 0.3) is 0 Å². The monoisotopic (exact) mass is 487 g/mol. The van der Waals surface area contributed by atoms with Crippen molar-refractivity contribution in [3.8, 4) is 33.0 Å². The molecule has 1 fully saturated rings. The van der Waals surface area contributed by atoms with Crippen molar-refractivity contribution in [2.24, 2.45) is 0 Å². The molecule has 0 saturated carbocycles. The molecule has 1 N–H and O–H groups in total. The van der Waals surface area contributed by atoms with Crippen LogP contribution < -0.4 is 10.1 Å². The first kappa shape index (κ1) is 23.5. The van der Waals surface area contributed by atoms with Gasteiger partial charge >= 0.3 is 0 Å². The van der Waals surface area contributed by atoms with E-state index in [0.29, 0.717) is 17.9 Å². The van der Waals surface area contributed by atoms with Crippen LogP contribution in [0.25, 0.3) is 21.1 Å². The molecule has 2 aromatic carbocycles. The number of fused-ring (bicyclic) bond motifs is 1. The van der Waals surface area contributed by atoms with Crippen LogP contribution in [-0.4, -0.2) is 46.7 Å². The summed E-state index contributed by atoms with van der Waals surface area (Å²) in [5, 5.41) is 23.6. The molecule has 0 bridgehead atoms. The van der Waals surface area contributed by atoms with Gasteiger partial charge in [0.05, 0.1) is 18.2 Å². The van der Waals surface area contributed by atoms with Crippen molar-refractivity contribution in [2.75, 3.05) is 19.6 Å². The molecule has 0 radical (unpaired) electrons. The molecule has 0 spiro atoms. The number of ether oxygens (including phenoxy) is 1. The third-order valence-corrected chi connectivity index (χ3v) is 7.60. The SMILES string of the molecule is CC(C)Oc1ccc(-c2nnc(-c3cccc4c3CC[C@H]4NCC(=O)N3CCCC3)s2)cc1C#N. The lowest BCUT2D eigenvalue weighted by Gasteiger charge is -2.19. The van der Waals surface area contributed by atoms with Crippen molar-refractivity contribution < 1.29 is 9.53 Å². The molecule has 2 heterocycles. The molecule has 5 rings (SSSR count). The standard InChI is InChI=1S/C27H29N5O2S/c1-17(2)34-24-11-8-18(14-19(24)15-28)26-30-31-27(35-26)22-7-5-6-21-20(22)9-10-23(21)29-16-25(33)32-12-3-4-13-32/h5-8,11,14,17,23,29H,3-4,9-10,12-13,16H2,1-2H3/t23-/m1/s1. The van der Waals surface area contributed by atoms with Crippen molar-refractivity contribution in [3.63, 3.8) is 0 Å². The van der Waals surface area contributed by atoms with Crippen LogP contribution in [0.2, 0.25) is 0 Å². The summed E-state index contributed by atoms with van der Waals surface area (Å²) >= 11 is 1.53. The van der Waals surface area contributed by atoms with Gasteiger partial charge in [-0.2, -0.15) is 5.26 Å². The number of hydrogen-bond donors (Lipinski definition) is 1. The molecule has 180 valence electrons. The van der Waals surface area contributed by atoms with Crippen LogP contribution in [0.4, 0.5) is 0 Å². The summed E-state index contributed by atoms with van der Waals surface area (Å²) in [5.41, 5.74) is 4.97. The summed E-state index contributed by atoms with van der Waals surface area (Å²) in [4.78, 5) is 14.4. The summed E-state index contributed by atoms with van der Waals surface area (Å²) in [5.74, 6) is 0.779. The average molecular weight is 488 g/mol. The molecule has 8 heteroatoms. The van der Waals surface area contributed by atoms with Gasteiger partial charge in [-0.15, -0.1) is 10.2 Å². The number of likely N-dealkylation sites (tertiary alicyclic amines) is 1. The third kappa shape index (κ3) is 4.93. The fourth-order valence-corrected chi connectivity index (χ4v) is 5.80. The Bertz CT molecular complexity index is 1270. The van der Waals surface area contributed by atoms with Gasteiger partial charge in [0.1, 0.15) is 21.8 Å². The maximum atomic E-state index is 12.5. The van der Waals surface area contributed by atoms with Crippen LogP contribution >= 0.6 is 11.3 Å². The minimum Gasteiger partial charge on any atom is -0.490 e. The molecular formula is C27H29N5O2S. The molecule has 3 aromatic rings. The highest BCUT2D eigenvalue weighted by atomic mass is 32.1. The number of rotatable bonds is 7. The molecule has 35 heavy (non-hydrogen) atoms. The molecular weight excluding hydrogens is 458 g/mol. The van der Waals surface area contributed by atoms with Crippen LogP contribution in [0, 0.1) is 11.3 Å². The van der Waals surface area contributed by atoms with Gasteiger partial charge < -0.3 is 15.0 Å². The van der Waals surface area contributed by atoms with E-state index in [4.69, 9.17) is 4.74 Å². The number of carbonyl (C=O) groups is 1. The fraction of sp³-hybridized carbons (Fsp3) is 0.407. The molecule has 1 atom stereocenters. The number of amides is 1. The van der Waals surface area contributed by atoms with Gasteiger partial charge in [0, 0.05) is 30.3 Å². The van der Waals surface area contributed by atoms with Gasteiger partial charge in [0.2, 0.25) is 5.91 Å². The van der Waals surface area contributed by atoms with E-state index < -0.39 is 0 Å². The Labute approximate surface area is 209 Å². The highest BCUT2D eigenvalue weighted by Gasteiger charge is 2.27. The second-order valence-electron chi connectivity index (χ2n) is 9.34. The van der Waals surface area contributed by atoms with Crippen molar-refractivity contribution in [3.05, 3.63) is 53.1 Å². The van der Waals surface area contributed by atoms with Gasteiger partial charge in [0.15, 0.2) is 0 Å². The van der Waals surface area contributed by atoms with E-state index in [1.807, 2.05) is 36.9 Å². The van der Waals surface area contributed by atoms with E-state index in [9.17, 15) is 10.1 Å². The number of nitrogens with zero attached hydrogens (tertiary/aromatic N) is 4. The molecule has 1 aliphatic carbocycles. The Balaban J connectivity index is 1.34. The maximum Gasteiger partial charge on any atom is 0.236 e. The Morgan fingerprint density at radius 2 is 2.03 bits per heavy atom. The van der Waals surface area contributed by atoms with E-state index in [1.165, 1.54) is 22.5 Å². The van der Waals surface area contributed by atoms with Crippen LogP contribution in [0.15, 0.2) is 36.4 Å². The van der Waals surface area contributed by atoms with Gasteiger partial charge in [-0.25, -0.2) is 0 Å². The summed E-state index contributed by atoms with van der Waals surface area (Å²) in [6, 6.07) is 14.3. The van der Waals surface area contributed by atoms with E-state index in [0.717, 1.165) is 59.9 Å². The number of nitriles is 1. The molecule has 1 amide bonds. The highest BCUT2D eigenvalue weighted by Crippen LogP contribution is 2.40. The molecule has 0 unspecified atom stereocenters. The van der Waals surface area contributed by atoms with E-state index >= 15 is 0 Å². The van der Waals surface area contributed by atoms with Crippen LogP contribution in [0.3, 0.4) is 0 Å². The summed E-state index contributed by atoms with van der Waals surface area (Å²) < 4.78 is 5.74. The molecule has 1 aromatic heterocycles.